The topological polar surface area (TPSA) is 127 Å². The van der Waals surface area contributed by atoms with Gasteiger partial charge in [-0.05, 0) is 305 Å². The number of phenols is 2. The summed E-state index contributed by atoms with van der Waals surface area (Å²) in [5.74, 6) is 14.6. The molecular weight excluding hydrogens is 2290 g/mol. The van der Waals surface area contributed by atoms with Crippen molar-refractivity contribution in [2.24, 2.45) is 0 Å². The molecule has 0 unspecified atom stereocenters. The molecule has 0 amide bonds. The maximum absolute atomic E-state index is 12.6. The monoisotopic (exact) mass is 2350 g/mol. The van der Waals surface area contributed by atoms with Crippen LogP contribution in [-0.2, 0) is 20.2 Å². The highest BCUT2D eigenvalue weighted by Gasteiger charge is 2.50. The van der Waals surface area contributed by atoms with Crippen molar-refractivity contribution in [3.8, 4) is 136 Å². The van der Waals surface area contributed by atoms with Gasteiger partial charge in [-0.2, -0.15) is 43.2 Å². The average molecular weight is 2360 g/mol. The summed E-state index contributed by atoms with van der Waals surface area (Å²) in [6.07, 6.45) is 5.29. The van der Waals surface area contributed by atoms with Crippen molar-refractivity contribution in [3.63, 3.8) is 0 Å². The summed E-state index contributed by atoms with van der Waals surface area (Å²) in [5.41, 5.74) is 7.92. The zero-order chi connectivity index (χ0) is 98.3. The standard InChI is InChI=1S/C38H22Br2.C38H24S2.C14H10.C12H4Br2F6O6S2.C10H6Br2O2.CH2Cl2.CH4/c39-37-25-24-34-33(35(37)21-15-27-11-17-31(18-12-27)29-7-3-1-4-8-29)23-26-38(40)36(34)22-16-28-13-19-32(20-14-28)30-9-5-2-6-10-30;1-3-7-25(8-4-1)27-11-15-29(16-12-27)37-23-33-31-20-22-36-34(32(31)19-21-35(33)39-37)24-38(40-36)30-17-13-28(14-18-30)26-9-5-2-6-10-26;1-2-12-8-10-14(11-9-12)13-6-4-3-5-7-13;13-7-3-1-5-6(10(7)26-28(23,24)12(18,19)20)2-4-8(14)9(5)25-27(21,22)11(15,16)17;11-7-3-1-5-6(10(7)14)2-4-8(12)9(5)13;2-1-3;/h1-14,17-20,23-26H;1-24H;1,3-11H;1-4H;1-4,13-14H;1H2;1H4. The molecule has 18 aromatic carbocycles. The van der Waals surface area contributed by atoms with Crippen molar-refractivity contribution in [2.75, 3.05) is 5.34 Å². The quantitative estimate of drug-likeness (QED) is 0.0431. The predicted octanol–water partition coefficient (Wildman–Crippen LogP) is 36.4. The molecule has 0 saturated carbocycles. The van der Waals surface area contributed by atoms with E-state index in [1.165, 1.54) is 107 Å². The molecule has 0 aliphatic heterocycles. The molecule has 698 valence electrons. The summed E-state index contributed by atoms with van der Waals surface area (Å²) < 4.78 is 134. The Morgan fingerprint density at radius 3 is 0.807 bits per heavy atom. The van der Waals surface area contributed by atoms with Crippen LogP contribution in [0.1, 0.15) is 35.2 Å². The fourth-order valence-corrected chi connectivity index (χ4v) is 20.6. The van der Waals surface area contributed by atoms with Crippen molar-refractivity contribution in [1.29, 1.82) is 0 Å². The van der Waals surface area contributed by atoms with E-state index in [1.54, 1.807) is 24.3 Å². The third-order valence-electron chi connectivity index (χ3n) is 21.7. The van der Waals surface area contributed by atoms with Gasteiger partial charge in [-0.3, -0.25) is 0 Å². The molecule has 0 spiro atoms. The Balaban J connectivity index is 0.000000146. The fourth-order valence-electron chi connectivity index (χ4n) is 14.8. The summed E-state index contributed by atoms with van der Waals surface area (Å²) in [7, 11) is -12.3. The van der Waals surface area contributed by atoms with Gasteiger partial charge in [0.05, 0.1) is 23.2 Å². The maximum Gasteiger partial charge on any atom is 0.534 e. The third-order valence-corrected chi connectivity index (χ3v) is 29.7. The van der Waals surface area contributed by atoms with Gasteiger partial charge < -0.3 is 18.6 Å². The van der Waals surface area contributed by atoms with Crippen LogP contribution < -0.4 is 8.37 Å². The number of halogens is 14. The zero-order valence-corrected chi connectivity index (χ0v) is 86.2. The molecule has 26 heteroatoms. The molecule has 20 rings (SSSR count). The molecule has 0 saturated heterocycles. The minimum absolute atomic E-state index is 0. The minimum atomic E-state index is -6.13. The summed E-state index contributed by atoms with van der Waals surface area (Å²) in [5, 5.41) is 27.4. The van der Waals surface area contributed by atoms with Crippen molar-refractivity contribution >= 4 is 225 Å². The lowest BCUT2D eigenvalue weighted by atomic mass is 9.99. The Labute approximate surface area is 874 Å². The smallest absolute Gasteiger partial charge is 0.506 e. The van der Waals surface area contributed by atoms with Gasteiger partial charge in [-0.25, -0.2) is 0 Å². The second kappa shape index (κ2) is 46.4. The molecule has 0 atom stereocenters. The summed E-state index contributed by atoms with van der Waals surface area (Å²) in [4.78, 5) is 2.62. The predicted molar refractivity (Wildman–Crippen MR) is 588 cm³/mol. The average Bonchev–Trinajstić information content (AvgIpc) is 1.60. The zero-order valence-electron chi connectivity index (χ0n) is 71.9. The largest absolute Gasteiger partial charge is 0.534 e. The Bertz CT molecular complexity index is 7880. The van der Waals surface area contributed by atoms with E-state index in [2.05, 4.69) is 413 Å². The van der Waals surface area contributed by atoms with Crippen molar-refractivity contribution in [1.82, 2.24) is 0 Å². The van der Waals surface area contributed by atoms with Crippen LogP contribution >= 0.6 is 141 Å². The summed E-state index contributed by atoms with van der Waals surface area (Å²) in [6, 6.07) is 128. The Morgan fingerprint density at radius 2 is 0.521 bits per heavy atom. The van der Waals surface area contributed by atoms with E-state index in [0.717, 1.165) is 71.8 Å². The lowest BCUT2D eigenvalue weighted by Gasteiger charge is -2.16. The van der Waals surface area contributed by atoms with Crippen LogP contribution in [-0.4, -0.2) is 43.4 Å². The van der Waals surface area contributed by atoms with E-state index in [4.69, 9.17) is 29.6 Å². The second-order valence-corrected chi connectivity index (χ2v) is 41.6. The molecule has 140 heavy (non-hydrogen) atoms. The Hall–Kier alpha value is -12.3. The summed E-state index contributed by atoms with van der Waals surface area (Å²) >= 11 is 32.7. The molecule has 8 nitrogen and oxygen atoms in total. The minimum Gasteiger partial charge on any atom is -0.506 e. The molecule has 0 aliphatic rings. The van der Waals surface area contributed by atoms with Crippen molar-refractivity contribution < 1.29 is 61.8 Å². The molecule has 20 aromatic rings. The maximum atomic E-state index is 12.6. The van der Waals surface area contributed by atoms with E-state index in [1.807, 2.05) is 77.3 Å². The molecule has 0 radical (unpaired) electrons. The number of aromatic hydroxyl groups is 2. The van der Waals surface area contributed by atoms with Gasteiger partial charge in [0, 0.05) is 88.2 Å². The number of terminal acetylenes is 1. The van der Waals surface area contributed by atoms with Gasteiger partial charge in [0.25, 0.3) is 0 Å². The van der Waals surface area contributed by atoms with Gasteiger partial charge in [-0.15, -0.1) is 52.3 Å². The van der Waals surface area contributed by atoms with E-state index >= 15 is 0 Å². The molecule has 2 aromatic heterocycles. The van der Waals surface area contributed by atoms with Crippen LogP contribution in [0.2, 0.25) is 0 Å². The van der Waals surface area contributed by atoms with Crippen LogP contribution in [0.15, 0.2) is 409 Å². The fraction of sp³-hybridized carbons (Fsp3) is 0.0351. The highest BCUT2D eigenvalue weighted by atomic mass is 79.9. The first-order valence-electron chi connectivity index (χ1n) is 41.8. The lowest BCUT2D eigenvalue weighted by Crippen LogP contribution is -2.28. The SMILES string of the molecule is Brc1ccc2c(C#Cc3ccc(-c4ccccc4)cc3)c(Br)ccc2c1C#Cc1ccc(-c2ccccc2)cc1.C.C#Cc1ccc(-c2ccccc2)cc1.ClCCl.O=S(=O)(Oc1c(Br)ccc2c(OS(=O)(=O)C(F)(F)F)c(Br)ccc12)C(F)(F)F.Oc1c(Br)ccc2c(O)c(Br)ccc12.c1ccc(-c2ccc(-c3cc4c(ccc5c6cc(-c7ccc(-c8ccccc8)cc7)sc6ccc45)s3)cc2)cc1. The first-order chi connectivity index (χ1) is 66.9. The van der Waals surface area contributed by atoms with Gasteiger partial charge >= 0.3 is 31.3 Å². The van der Waals surface area contributed by atoms with Crippen LogP contribution in [0.3, 0.4) is 0 Å². The van der Waals surface area contributed by atoms with E-state index in [0.29, 0.717) is 19.7 Å². The lowest BCUT2D eigenvalue weighted by molar-refractivity contribution is -0.0505. The Morgan fingerprint density at radius 1 is 0.286 bits per heavy atom. The number of thiophene rings is 2. The van der Waals surface area contributed by atoms with Crippen LogP contribution in [0.25, 0.3) is 140 Å². The molecule has 0 bridgehead atoms. The van der Waals surface area contributed by atoms with Crippen LogP contribution in [0.5, 0.6) is 23.0 Å². The number of phenolic OH excluding ortho intramolecular Hbond substituents is 2. The molecule has 0 fully saturated rings. The van der Waals surface area contributed by atoms with Crippen LogP contribution in [0, 0.1) is 36.0 Å². The van der Waals surface area contributed by atoms with E-state index in [-0.39, 0.29) is 33.2 Å². The number of rotatable bonds is 11. The number of hydrogen-bond acceptors (Lipinski definition) is 10. The first kappa shape index (κ1) is 104. The second-order valence-electron chi connectivity index (χ2n) is 30.4. The number of fused-ring (bicyclic) bond motifs is 8. The molecule has 2 N–H and O–H groups in total. The number of hydrogen-bond donors (Lipinski definition) is 2. The van der Waals surface area contributed by atoms with Gasteiger partial charge in [0.2, 0.25) is 0 Å². The number of benzene rings is 18. The van der Waals surface area contributed by atoms with Gasteiger partial charge in [-0.1, -0.05) is 298 Å². The molecular formula is C114H72Br6Cl2F6O8S4. The molecule has 0 aliphatic carbocycles. The number of alkyl halides is 8. The van der Waals surface area contributed by atoms with Gasteiger partial charge in [0.15, 0.2) is 11.5 Å². The van der Waals surface area contributed by atoms with Crippen molar-refractivity contribution in [3.05, 3.63) is 437 Å². The normalized spacial score (nSPS) is 11.1. The highest BCUT2D eigenvalue weighted by Crippen LogP contribution is 2.48. The highest BCUT2D eigenvalue weighted by molar-refractivity contribution is 9.11. The van der Waals surface area contributed by atoms with E-state index < -0.39 is 53.5 Å². The Kier molecular flexibility index (Phi) is 34.4. The van der Waals surface area contributed by atoms with Crippen molar-refractivity contribution in [2.45, 2.75) is 18.4 Å². The first-order valence-corrected chi connectivity index (χ1v) is 52.0. The third kappa shape index (κ3) is 24.6. The molecule has 2 heterocycles. The van der Waals surface area contributed by atoms with Gasteiger partial charge in [0.1, 0.15) is 11.5 Å². The van der Waals surface area contributed by atoms with E-state index in [9.17, 15) is 53.4 Å². The summed E-state index contributed by atoms with van der Waals surface area (Å²) in [6.45, 7) is 0. The van der Waals surface area contributed by atoms with Crippen LogP contribution in [0.4, 0.5) is 26.3 Å².